The summed E-state index contributed by atoms with van der Waals surface area (Å²) in [6.07, 6.45) is 5.98. The summed E-state index contributed by atoms with van der Waals surface area (Å²) in [5.74, 6) is 1.27. The number of aromatic nitrogens is 2. The van der Waals surface area contributed by atoms with E-state index in [1.807, 2.05) is 19.3 Å². The molecule has 0 saturated heterocycles. The van der Waals surface area contributed by atoms with Crippen LogP contribution in [0.15, 0.2) is 12.3 Å². The molecule has 2 atom stereocenters. The first-order valence-electron chi connectivity index (χ1n) is 6.24. The van der Waals surface area contributed by atoms with Gasteiger partial charge < -0.3 is 5.11 Å². The fraction of sp³-hybridized carbons (Fsp3) is 0.769. The molecule has 16 heavy (non-hydrogen) atoms. The monoisotopic (exact) mass is 222 g/mol. The second-order valence-electron chi connectivity index (χ2n) is 5.51. The molecule has 90 valence electrons. The predicted molar refractivity (Wildman–Crippen MR) is 63.9 cm³/mol. The number of aliphatic hydroxyl groups is 1. The SMILES string of the molecule is CC(C)C1CCCC(O)(c2ccn(C)n2)C1. The van der Waals surface area contributed by atoms with Gasteiger partial charge in [-0.1, -0.05) is 13.8 Å². The largest absolute Gasteiger partial charge is 0.383 e. The van der Waals surface area contributed by atoms with Gasteiger partial charge in [0.25, 0.3) is 0 Å². The van der Waals surface area contributed by atoms with Gasteiger partial charge in [0.15, 0.2) is 0 Å². The third-order valence-electron chi connectivity index (χ3n) is 3.90. The molecule has 0 bridgehead atoms. The minimum atomic E-state index is -0.686. The van der Waals surface area contributed by atoms with Crippen molar-refractivity contribution in [3.63, 3.8) is 0 Å². The van der Waals surface area contributed by atoms with Crippen molar-refractivity contribution in [2.24, 2.45) is 18.9 Å². The van der Waals surface area contributed by atoms with Gasteiger partial charge in [-0.3, -0.25) is 4.68 Å². The van der Waals surface area contributed by atoms with E-state index in [1.54, 1.807) is 4.68 Å². The Morgan fingerprint density at radius 2 is 2.31 bits per heavy atom. The van der Waals surface area contributed by atoms with Crippen molar-refractivity contribution < 1.29 is 5.11 Å². The fourth-order valence-electron chi connectivity index (χ4n) is 2.76. The summed E-state index contributed by atoms with van der Waals surface area (Å²) in [7, 11) is 1.90. The molecule has 1 heterocycles. The van der Waals surface area contributed by atoms with E-state index < -0.39 is 5.60 Å². The van der Waals surface area contributed by atoms with Crippen LogP contribution in [-0.4, -0.2) is 14.9 Å². The first-order valence-corrected chi connectivity index (χ1v) is 6.24. The maximum atomic E-state index is 10.7. The van der Waals surface area contributed by atoms with E-state index in [9.17, 15) is 5.11 Å². The van der Waals surface area contributed by atoms with Crippen molar-refractivity contribution in [2.75, 3.05) is 0 Å². The molecule has 1 aromatic rings. The second kappa shape index (κ2) is 4.21. The lowest BCUT2D eigenvalue weighted by molar-refractivity contribution is -0.0334. The normalized spacial score (nSPS) is 30.9. The molecular weight excluding hydrogens is 200 g/mol. The van der Waals surface area contributed by atoms with Crippen molar-refractivity contribution in [3.8, 4) is 0 Å². The van der Waals surface area contributed by atoms with E-state index in [0.29, 0.717) is 11.8 Å². The van der Waals surface area contributed by atoms with Crippen LogP contribution < -0.4 is 0 Å². The summed E-state index contributed by atoms with van der Waals surface area (Å²) >= 11 is 0. The molecule has 0 radical (unpaired) electrons. The van der Waals surface area contributed by atoms with E-state index in [1.165, 1.54) is 6.42 Å². The van der Waals surface area contributed by atoms with Gasteiger partial charge in [-0.15, -0.1) is 0 Å². The molecule has 2 unspecified atom stereocenters. The minimum absolute atomic E-state index is 0.626. The van der Waals surface area contributed by atoms with Gasteiger partial charge in [0.2, 0.25) is 0 Å². The first-order chi connectivity index (χ1) is 7.51. The van der Waals surface area contributed by atoms with Gasteiger partial charge in [-0.25, -0.2) is 0 Å². The van der Waals surface area contributed by atoms with Gasteiger partial charge in [0.05, 0.1) is 5.69 Å². The number of hydrogen-bond donors (Lipinski definition) is 1. The lowest BCUT2D eigenvalue weighted by atomic mass is 9.72. The molecule has 1 fully saturated rings. The fourth-order valence-corrected chi connectivity index (χ4v) is 2.76. The molecule has 0 spiro atoms. The molecule has 1 aliphatic rings. The zero-order chi connectivity index (χ0) is 11.8. The number of rotatable bonds is 2. The van der Waals surface area contributed by atoms with Gasteiger partial charge >= 0.3 is 0 Å². The zero-order valence-electron chi connectivity index (χ0n) is 10.5. The number of aryl methyl sites for hydroxylation is 1. The van der Waals surface area contributed by atoms with Crippen LogP contribution >= 0.6 is 0 Å². The molecule has 1 aromatic heterocycles. The van der Waals surface area contributed by atoms with Crippen molar-refractivity contribution >= 4 is 0 Å². The van der Waals surface area contributed by atoms with E-state index in [0.717, 1.165) is 25.0 Å². The smallest absolute Gasteiger partial charge is 0.109 e. The summed E-state index contributed by atoms with van der Waals surface area (Å²) in [5.41, 5.74) is 0.161. The van der Waals surface area contributed by atoms with Gasteiger partial charge in [0.1, 0.15) is 5.60 Å². The standard InChI is InChI=1S/C13H22N2O/c1-10(2)11-5-4-7-13(16,9-11)12-6-8-15(3)14-12/h6,8,10-11,16H,4-5,7,9H2,1-3H3. The van der Waals surface area contributed by atoms with Crippen molar-refractivity contribution in [2.45, 2.75) is 45.1 Å². The average molecular weight is 222 g/mol. The highest BCUT2D eigenvalue weighted by atomic mass is 16.3. The maximum absolute atomic E-state index is 10.7. The Morgan fingerprint density at radius 3 is 2.88 bits per heavy atom. The van der Waals surface area contributed by atoms with Crippen molar-refractivity contribution in [1.29, 1.82) is 0 Å². The van der Waals surface area contributed by atoms with E-state index in [-0.39, 0.29) is 0 Å². The van der Waals surface area contributed by atoms with Crippen LogP contribution in [0.1, 0.15) is 45.2 Å². The molecule has 0 amide bonds. The van der Waals surface area contributed by atoms with E-state index >= 15 is 0 Å². The molecule has 2 rings (SSSR count). The number of nitrogens with zero attached hydrogens (tertiary/aromatic N) is 2. The Hall–Kier alpha value is -0.830. The van der Waals surface area contributed by atoms with Crippen LogP contribution in [-0.2, 0) is 12.6 Å². The molecule has 0 aromatic carbocycles. The lowest BCUT2D eigenvalue weighted by Gasteiger charge is -2.37. The Kier molecular flexibility index (Phi) is 3.06. The van der Waals surface area contributed by atoms with Crippen LogP contribution in [0, 0.1) is 11.8 Å². The van der Waals surface area contributed by atoms with E-state index in [4.69, 9.17) is 0 Å². The molecule has 3 nitrogen and oxygen atoms in total. The summed E-state index contributed by atoms with van der Waals surface area (Å²) in [6.45, 7) is 4.49. The molecular formula is C13H22N2O. The van der Waals surface area contributed by atoms with Crippen LogP contribution in [0.5, 0.6) is 0 Å². The van der Waals surface area contributed by atoms with Crippen LogP contribution in [0.25, 0.3) is 0 Å². The highest BCUT2D eigenvalue weighted by molar-refractivity contribution is 5.12. The Labute approximate surface area is 97.5 Å². The topological polar surface area (TPSA) is 38.0 Å². The van der Waals surface area contributed by atoms with E-state index in [2.05, 4.69) is 18.9 Å². The van der Waals surface area contributed by atoms with Crippen molar-refractivity contribution in [3.05, 3.63) is 18.0 Å². The van der Waals surface area contributed by atoms with Crippen LogP contribution in [0.3, 0.4) is 0 Å². The third kappa shape index (κ3) is 2.14. The second-order valence-corrected chi connectivity index (χ2v) is 5.51. The Morgan fingerprint density at radius 1 is 1.56 bits per heavy atom. The van der Waals surface area contributed by atoms with Gasteiger partial charge in [0, 0.05) is 13.2 Å². The van der Waals surface area contributed by atoms with Crippen LogP contribution in [0.4, 0.5) is 0 Å². The first kappa shape index (κ1) is 11.6. The molecule has 1 aliphatic carbocycles. The zero-order valence-corrected chi connectivity index (χ0v) is 10.5. The maximum Gasteiger partial charge on any atom is 0.109 e. The molecule has 0 aliphatic heterocycles. The quantitative estimate of drug-likeness (QED) is 0.834. The minimum Gasteiger partial charge on any atom is -0.383 e. The molecule has 1 saturated carbocycles. The summed E-state index contributed by atoms with van der Waals surface area (Å²) in [6, 6.07) is 1.95. The highest BCUT2D eigenvalue weighted by Crippen LogP contribution is 2.41. The number of hydrogen-bond acceptors (Lipinski definition) is 2. The Balaban J connectivity index is 2.18. The Bertz CT molecular complexity index is 359. The van der Waals surface area contributed by atoms with Crippen molar-refractivity contribution in [1.82, 2.24) is 9.78 Å². The van der Waals surface area contributed by atoms with Gasteiger partial charge in [-0.2, -0.15) is 5.10 Å². The predicted octanol–water partition coefficient (Wildman–Crippen LogP) is 2.45. The highest BCUT2D eigenvalue weighted by Gasteiger charge is 2.38. The average Bonchev–Trinajstić information content (AvgIpc) is 2.65. The molecule has 1 N–H and O–H groups in total. The molecule has 3 heteroatoms. The third-order valence-corrected chi connectivity index (χ3v) is 3.90. The van der Waals surface area contributed by atoms with Gasteiger partial charge in [-0.05, 0) is 43.6 Å². The van der Waals surface area contributed by atoms with Crippen LogP contribution in [0.2, 0.25) is 0 Å². The summed E-state index contributed by atoms with van der Waals surface area (Å²) in [5, 5.41) is 15.1. The summed E-state index contributed by atoms with van der Waals surface area (Å²) in [4.78, 5) is 0. The summed E-state index contributed by atoms with van der Waals surface area (Å²) < 4.78 is 1.77. The lowest BCUT2D eigenvalue weighted by Crippen LogP contribution is -2.35.